The van der Waals surface area contributed by atoms with Crippen LogP contribution in [0.1, 0.15) is 49.7 Å². The Morgan fingerprint density at radius 2 is 1.41 bits per heavy atom. The maximum absolute atomic E-state index is 5.13. The quantitative estimate of drug-likeness (QED) is 0.350. The Bertz CT molecular complexity index is 675. The Morgan fingerprint density at radius 3 is 1.93 bits per heavy atom. The predicted octanol–water partition coefficient (Wildman–Crippen LogP) is 6.86. The molecule has 0 heterocycles. The summed E-state index contributed by atoms with van der Waals surface area (Å²) < 4.78 is 5.13. The maximum atomic E-state index is 5.13. The van der Waals surface area contributed by atoms with Crippen molar-refractivity contribution in [1.29, 1.82) is 0 Å². The fraction of sp³-hybridized carbons (Fsp3) is 0.462. The number of aryl methyl sites for hydroxylation is 2. The van der Waals surface area contributed by atoms with E-state index in [2.05, 4.69) is 61.2 Å². The topological polar surface area (TPSA) is 9.23 Å². The second-order valence-corrected chi connectivity index (χ2v) is 8.05. The molecule has 1 fully saturated rings. The third-order valence-corrected chi connectivity index (χ3v) is 6.12. The first-order valence-corrected chi connectivity index (χ1v) is 10.6. The van der Waals surface area contributed by atoms with Crippen LogP contribution in [0.3, 0.4) is 0 Å². The average molecular weight is 363 g/mol. The molecule has 0 spiro atoms. The first kappa shape index (κ1) is 19.9. The van der Waals surface area contributed by atoms with Crippen LogP contribution < -0.4 is 0 Å². The van der Waals surface area contributed by atoms with E-state index in [4.69, 9.17) is 4.74 Å². The van der Waals surface area contributed by atoms with E-state index in [0.717, 1.165) is 31.3 Å². The molecule has 27 heavy (non-hydrogen) atoms. The lowest BCUT2D eigenvalue weighted by molar-refractivity contribution is 0.195. The lowest BCUT2D eigenvalue weighted by Gasteiger charge is -2.26. The van der Waals surface area contributed by atoms with Gasteiger partial charge >= 0.3 is 0 Å². The van der Waals surface area contributed by atoms with Crippen molar-refractivity contribution in [1.82, 2.24) is 0 Å². The zero-order valence-corrected chi connectivity index (χ0v) is 16.8. The lowest BCUT2D eigenvalue weighted by Crippen LogP contribution is -2.13. The van der Waals surface area contributed by atoms with E-state index >= 15 is 0 Å². The van der Waals surface area contributed by atoms with Crippen molar-refractivity contribution < 1.29 is 4.74 Å². The van der Waals surface area contributed by atoms with Gasteiger partial charge in [0.15, 0.2) is 0 Å². The molecule has 0 aromatic heterocycles. The van der Waals surface area contributed by atoms with E-state index in [1.165, 1.54) is 60.8 Å². The third-order valence-electron chi connectivity index (χ3n) is 6.12. The minimum Gasteiger partial charge on any atom is -0.385 e. The number of ether oxygens (including phenoxy) is 1. The number of hydrogen-bond acceptors (Lipinski definition) is 1. The monoisotopic (exact) mass is 362 g/mol. The number of hydrogen-bond donors (Lipinski definition) is 0. The van der Waals surface area contributed by atoms with Gasteiger partial charge in [0.05, 0.1) is 0 Å². The van der Waals surface area contributed by atoms with Crippen molar-refractivity contribution in [3.05, 3.63) is 72.3 Å². The summed E-state index contributed by atoms with van der Waals surface area (Å²) in [5, 5.41) is 0. The Hall–Kier alpha value is -1.86. The third kappa shape index (κ3) is 6.07. The molecule has 1 aliphatic carbocycles. The van der Waals surface area contributed by atoms with E-state index in [-0.39, 0.29) is 0 Å². The van der Waals surface area contributed by atoms with Gasteiger partial charge in [-0.1, -0.05) is 54.6 Å². The largest absolute Gasteiger partial charge is 0.385 e. The van der Waals surface area contributed by atoms with E-state index < -0.39 is 0 Å². The molecule has 0 unspecified atom stereocenters. The van der Waals surface area contributed by atoms with Crippen molar-refractivity contribution in [3.63, 3.8) is 0 Å². The normalized spacial score (nSPS) is 19.7. The highest BCUT2D eigenvalue weighted by Crippen LogP contribution is 2.32. The molecule has 0 aliphatic heterocycles. The summed E-state index contributed by atoms with van der Waals surface area (Å²) in [7, 11) is 1.76. The first-order valence-electron chi connectivity index (χ1n) is 10.6. The molecule has 0 amide bonds. The fourth-order valence-corrected chi connectivity index (χ4v) is 4.23. The van der Waals surface area contributed by atoms with Crippen LogP contribution in [0.25, 0.3) is 11.1 Å². The molecule has 1 aliphatic rings. The SMILES string of the molecule is C=CC1CCC(CCc2ccc(-c3ccc(CCCOC)cc3)cc2)CC1. The highest BCUT2D eigenvalue weighted by molar-refractivity contribution is 5.63. The molecular weight excluding hydrogens is 328 g/mol. The van der Waals surface area contributed by atoms with Gasteiger partial charge in [0.1, 0.15) is 0 Å². The van der Waals surface area contributed by atoms with Gasteiger partial charge in [0, 0.05) is 13.7 Å². The molecule has 0 N–H and O–H groups in total. The van der Waals surface area contributed by atoms with Gasteiger partial charge in [-0.05, 0) is 85.5 Å². The van der Waals surface area contributed by atoms with Crippen LogP contribution in [0.15, 0.2) is 61.2 Å². The summed E-state index contributed by atoms with van der Waals surface area (Å²) in [6, 6.07) is 18.2. The Labute approximate surface area is 165 Å². The van der Waals surface area contributed by atoms with E-state index in [0.29, 0.717) is 0 Å². The Morgan fingerprint density at radius 1 is 0.852 bits per heavy atom. The second-order valence-electron chi connectivity index (χ2n) is 8.05. The van der Waals surface area contributed by atoms with Crippen LogP contribution in [0.5, 0.6) is 0 Å². The summed E-state index contributed by atoms with van der Waals surface area (Å²) in [5.74, 6) is 1.68. The molecule has 144 valence electrons. The van der Waals surface area contributed by atoms with Crippen LogP contribution in [0.4, 0.5) is 0 Å². The van der Waals surface area contributed by atoms with Crippen molar-refractivity contribution in [2.24, 2.45) is 11.8 Å². The van der Waals surface area contributed by atoms with Gasteiger partial charge < -0.3 is 4.74 Å². The molecular formula is C26H34O. The lowest BCUT2D eigenvalue weighted by atomic mass is 9.79. The minimum absolute atomic E-state index is 0.770. The van der Waals surface area contributed by atoms with Crippen molar-refractivity contribution in [3.8, 4) is 11.1 Å². The maximum Gasteiger partial charge on any atom is 0.0465 e. The standard InChI is InChI=1S/C26H34O/c1-3-21-6-8-23(9-7-21)10-11-24-14-18-26(19-15-24)25-16-12-22(13-17-25)5-4-20-27-2/h3,12-19,21,23H,1,4-11,20H2,2H3. The summed E-state index contributed by atoms with van der Waals surface area (Å²) in [4.78, 5) is 0. The van der Waals surface area contributed by atoms with E-state index in [1.807, 2.05) is 0 Å². The smallest absolute Gasteiger partial charge is 0.0465 e. The minimum atomic E-state index is 0.770. The van der Waals surface area contributed by atoms with Gasteiger partial charge in [0.25, 0.3) is 0 Å². The van der Waals surface area contributed by atoms with Gasteiger partial charge in [-0.15, -0.1) is 6.58 Å². The second kappa shape index (κ2) is 10.5. The highest BCUT2D eigenvalue weighted by Gasteiger charge is 2.18. The Balaban J connectivity index is 1.49. The van der Waals surface area contributed by atoms with Gasteiger partial charge in [-0.3, -0.25) is 0 Å². The average Bonchev–Trinajstić information content (AvgIpc) is 2.74. The molecule has 0 saturated heterocycles. The van der Waals surface area contributed by atoms with E-state index in [1.54, 1.807) is 7.11 Å². The molecule has 3 rings (SSSR count). The van der Waals surface area contributed by atoms with Gasteiger partial charge in [-0.25, -0.2) is 0 Å². The number of benzene rings is 2. The van der Waals surface area contributed by atoms with Crippen molar-refractivity contribution in [2.75, 3.05) is 13.7 Å². The zero-order chi connectivity index (χ0) is 18.9. The van der Waals surface area contributed by atoms with Crippen LogP contribution in [-0.4, -0.2) is 13.7 Å². The first-order chi connectivity index (χ1) is 13.3. The zero-order valence-electron chi connectivity index (χ0n) is 16.8. The molecule has 2 aromatic carbocycles. The van der Waals surface area contributed by atoms with Crippen molar-refractivity contribution >= 4 is 0 Å². The van der Waals surface area contributed by atoms with Crippen molar-refractivity contribution in [2.45, 2.75) is 51.4 Å². The highest BCUT2D eigenvalue weighted by atomic mass is 16.5. The Kier molecular flexibility index (Phi) is 7.71. The molecule has 0 bridgehead atoms. The summed E-state index contributed by atoms with van der Waals surface area (Å²) in [6.07, 6.45) is 12.3. The number of rotatable bonds is 9. The van der Waals surface area contributed by atoms with Crippen LogP contribution in [0.2, 0.25) is 0 Å². The predicted molar refractivity (Wildman–Crippen MR) is 116 cm³/mol. The number of methoxy groups -OCH3 is 1. The molecule has 0 radical (unpaired) electrons. The fourth-order valence-electron chi connectivity index (χ4n) is 4.23. The molecule has 1 nitrogen and oxygen atoms in total. The summed E-state index contributed by atoms with van der Waals surface area (Å²) in [6.45, 7) is 4.78. The van der Waals surface area contributed by atoms with Crippen LogP contribution in [0, 0.1) is 11.8 Å². The van der Waals surface area contributed by atoms with Crippen LogP contribution >= 0.6 is 0 Å². The molecule has 1 saturated carbocycles. The number of allylic oxidation sites excluding steroid dienone is 1. The van der Waals surface area contributed by atoms with Gasteiger partial charge in [-0.2, -0.15) is 0 Å². The summed E-state index contributed by atoms with van der Waals surface area (Å²) >= 11 is 0. The molecule has 0 atom stereocenters. The van der Waals surface area contributed by atoms with Crippen LogP contribution in [-0.2, 0) is 17.6 Å². The molecule has 2 aromatic rings. The van der Waals surface area contributed by atoms with Gasteiger partial charge in [0.2, 0.25) is 0 Å². The summed E-state index contributed by atoms with van der Waals surface area (Å²) in [5.41, 5.74) is 5.48. The van der Waals surface area contributed by atoms with E-state index in [9.17, 15) is 0 Å². The molecule has 1 heteroatoms.